The predicted octanol–water partition coefficient (Wildman–Crippen LogP) is 1.58. The van der Waals surface area contributed by atoms with Crippen LogP contribution in [0.15, 0.2) is 33.9 Å². The second kappa shape index (κ2) is 7.33. The summed E-state index contributed by atoms with van der Waals surface area (Å²) in [5, 5.41) is 7.41. The Morgan fingerprint density at radius 1 is 1.25 bits per heavy atom. The summed E-state index contributed by atoms with van der Waals surface area (Å²) in [6.07, 6.45) is 1.84. The molecule has 24 heavy (non-hydrogen) atoms. The molecule has 7 heteroatoms. The van der Waals surface area contributed by atoms with E-state index in [1.54, 1.807) is 0 Å². The lowest BCUT2D eigenvalue weighted by Crippen LogP contribution is -2.52. The fraction of sp³-hybridized carbons (Fsp3) is 0.471. The molecule has 1 aliphatic heterocycles. The van der Waals surface area contributed by atoms with E-state index in [0.717, 1.165) is 55.0 Å². The number of aromatic nitrogens is 2. The molecule has 3 rings (SSSR count). The van der Waals surface area contributed by atoms with Crippen molar-refractivity contribution in [3.05, 3.63) is 41.4 Å². The van der Waals surface area contributed by atoms with Gasteiger partial charge >= 0.3 is 0 Å². The van der Waals surface area contributed by atoms with E-state index in [0.29, 0.717) is 6.54 Å². The van der Waals surface area contributed by atoms with Crippen molar-refractivity contribution in [2.45, 2.75) is 20.4 Å². The average Bonchev–Trinajstić information content (AvgIpc) is 2.95. The van der Waals surface area contributed by atoms with Gasteiger partial charge in [0, 0.05) is 51.5 Å². The summed E-state index contributed by atoms with van der Waals surface area (Å²) in [6.45, 7) is 8.27. The normalized spacial score (nSPS) is 15.7. The van der Waals surface area contributed by atoms with Gasteiger partial charge in [-0.05, 0) is 26.0 Å². The van der Waals surface area contributed by atoms with E-state index < -0.39 is 0 Å². The zero-order valence-corrected chi connectivity index (χ0v) is 14.5. The molecule has 1 N–H and O–H groups in total. The number of piperazine rings is 1. The maximum atomic E-state index is 5.21. The number of guanidine groups is 1. The molecular formula is C17H24N6O. The van der Waals surface area contributed by atoms with Crippen LogP contribution in [-0.4, -0.2) is 54.2 Å². The first-order valence-electron chi connectivity index (χ1n) is 8.22. The van der Waals surface area contributed by atoms with Crippen molar-refractivity contribution in [1.82, 2.24) is 20.4 Å². The Morgan fingerprint density at radius 2 is 2.04 bits per heavy atom. The minimum atomic E-state index is 0.675. The number of hydrogen-bond acceptors (Lipinski definition) is 5. The van der Waals surface area contributed by atoms with Crippen LogP contribution in [0.2, 0.25) is 0 Å². The lowest BCUT2D eigenvalue weighted by molar-refractivity contribution is 0.371. The number of anilines is 1. The first-order chi connectivity index (χ1) is 11.7. The third-order valence-electron chi connectivity index (χ3n) is 4.37. The van der Waals surface area contributed by atoms with Crippen LogP contribution >= 0.6 is 0 Å². The van der Waals surface area contributed by atoms with Gasteiger partial charge in [0.05, 0.1) is 5.69 Å². The van der Waals surface area contributed by atoms with Crippen LogP contribution in [0.5, 0.6) is 0 Å². The molecule has 0 atom stereocenters. The van der Waals surface area contributed by atoms with Crippen LogP contribution in [0, 0.1) is 13.8 Å². The standard InChI is InChI=1S/C17H24N6O/c1-13-15(14(2)24-21-13)12-20-17(18-3)23-10-8-22(9-11-23)16-6-4-5-7-19-16/h4-7H,8-12H2,1-3H3,(H,18,20). The molecule has 1 fully saturated rings. The number of rotatable bonds is 3. The minimum Gasteiger partial charge on any atom is -0.361 e. The van der Waals surface area contributed by atoms with Gasteiger partial charge in [-0.15, -0.1) is 0 Å². The van der Waals surface area contributed by atoms with Gasteiger partial charge in [0.2, 0.25) is 0 Å². The SMILES string of the molecule is CN=C(NCc1c(C)noc1C)N1CCN(c2ccccn2)CC1. The topological polar surface area (TPSA) is 69.8 Å². The summed E-state index contributed by atoms with van der Waals surface area (Å²) in [5.41, 5.74) is 2.03. The highest BCUT2D eigenvalue weighted by molar-refractivity contribution is 5.80. The first-order valence-corrected chi connectivity index (χ1v) is 8.22. The predicted molar refractivity (Wildman–Crippen MR) is 94.2 cm³/mol. The smallest absolute Gasteiger partial charge is 0.194 e. The van der Waals surface area contributed by atoms with Crippen molar-refractivity contribution in [2.24, 2.45) is 4.99 Å². The molecule has 0 unspecified atom stereocenters. The monoisotopic (exact) mass is 328 g/mol. The molecular weight excluding hydrogens is 304 g/mol. The van der Waals surface area contributed by atoms with Crippen molar-refractivity contribution in [3.8, 4) is 0 Å². The number of nitrogens with zero attached hydrogens (tertiary/aromatic N) is 5. The Balaban J connectivity index is 1.56. The van der Waals surface area contributed by atoms with Gasteiger partial charge in [-0.3, -0.25) is 4.99 Å². The molecule has 0 amide bonds. The molecule has 0 spiro atoms. The van der Waals surface area contributed by atoms with Crippen LogP contribution in [-0.2, 0) is 6.54 Å². The molecule has 0 radical (unpaired) electrons. The summed E-state index contributed by atoms with van der Waals surface area (Å²) in [7, 11) is 1.82. The fourth-order valence-corrected chi connectivity index (χ4v) is 2.94. The zero-order valence-electron chi connectivity index (χ0n) is 14.5. The van der Waals surface area contributed by atoms with Gasteiger partial charge in [0.1, 0.15) is 11.6 Å². The van der Waals surface area contributed by atoms with E-state index >= 15 is 0 Å². The average molecular weight is 328 g/mol. The van der Waals surface area contributed by atoms with Crippen molar-refractivity contribution in [1.29, 1.82) is 0 Å². The molecule has 7 nitrogen and oxygen atoms in total. The molecule has 2 aromatic heterocycles. The number of pyridine rings is 1. The van der Waals surface area contributed by atoms with Gasteiger partial charge in [0.15, 0.2) is 5.96 Å². The molecule has 0 saturated carbocycles. The molecule has 0 aromatic carbocycles. The van der Waals surface area contributed by atoms with Crippen molar-refractivity contribution in [2.75, 3.05) is 38.1 Å². The highest BCUT2D eigenvalue weighted by Gasteiger charge is 2.20. The minimum absolute atomic E-state index is 0.675. The summed E-state index contributed by atoms with van der Waals surface area (Å²) >= 11 is 0. The van der Waals surface area contributed by atoms with Crippen LogP contribution in [0.1, 0.15) is 17.0 Å². The van der Waals surface area contributed by atoms with Crippen LogP contribution in [0.3, 0.4) is 0 Å². The van der Waals surface area contributed by atoms with Gasteiger partial charge in [-0.25, -0.2) is 4.98 Å². The van der Waals surface area contributed by atoms with Crippen LogP contribution in [0.25, 0.3) is 0 Å². The molecule has 0 aliphatic carbocycles. The summed E-state index contributed by atoms with van der Waals surface area (Å²) in [6, 6.07) is 6.03. The third kappa shape index (κ3) is 3.50. The van der Waals surface area contributed by atoms with E-state index in [2.05, 4.69) is 36.3 Å². The Bertz CT molecular complexity index is 669. The number of hydrogen-bond donors (Lipinski definition) is 1. The lowest BCUT2D eigenvalue weighted by atomic mass is 10.2. The Kier molecular flexibility index (Phi) is 4.98. The molecule has 128 valence electrons. The summed E-state index contributed by atoms with van der Waals surface area (Å²) in [4.78, 5) is 13.4. The third-order valence-corrected chi connectivity index (χ3v) is 4.37. The Labute approximate surface area is 142 Å². The molecule has 1 aliphatic rings. The number of aryl methyl sites for hydroxylation is 2. The Hall–Kier alpha value is -2.57. The van der Waals surface area contributed by atoms with E-state index in [1.807, 2.05) is 39.2 Å². The second-order valence-corrected chi connectivity index (χ2v) is 5.87. The maximum Gasteiger partial charge on any atom is 0.194 e. The van der Waals surface area contributed by atoms with Gasteiger partial charge in [-0.2, -0.15) is 0 Å². The highest BCUT2D eigenvalue weighted by Crippen LogP contribution is 2.14. The van der Waals surface area contributed by atoms with Crippen LogP contribution < -0.4 is 10.2 Å². The van der Waals surface area contributed by atoms with Crippen molar-refractivity contribution in [3.63, 3.8) is 0 Å². The number of nitrogens with one attached hydrogen (secondary N) is 1. The number of aliphatic imine (C=N–C) groups is 1. The maximum absolute atomic E-state index is 5.21. The van der Waals surface area contributed by atoms with E-state index in [9.17, 15) is 0 Å². The van der Waals surface area contributed by atoms with Gasteiger partial charge in [0.25, 0.3) is 0 Å². The van der Waals surface area contributed by atoms with Gasteiger partial charge < -0.3 is 19.6 Å². The summed E-state index contributed by atoms with van der Waals surface area (Å²) in [5.74, 6) is 2.81. The molecule has 2 aromatic rings. The second-order valence-electron chi connectivity index (χ2n) is 5.87. The van der Waals surface area contributed by atoms with E-state index in [-0.39, 0.29) is 0 Å². The first kappa shape index (κ1) is 16.3. The Morgan fingerprint density at radius 3 is 2.62 bits per heavy atom. The van der Waals surface area contributed by atoms with E-state index in [4.69, 9.17) is 4.52 Å². The van der Waals surface area contributed by atoms with E-state index in [1.165, 1.54) is 0 Å². The van der Waals surface area contributed by atoms with Crippen molar-refractivity contribution < 1.29 is 4.52 Å². The van der Waals surface area contributed by atoms with Gasteiger partial charge in [-0.1, -0.05) is 11.2 Å². The summed E-state index contributed by atoms with van der Waals surface area (Å²) < 4.78 is 5.21. The van der Waals surface area contributed by atoms with Crippen molar-refractivity contribution >= 4 is 11.8 Å². The van der Waals surface area contributed by atoms with Crippen LogP contribution in [0.4, 0.5) is 5.82 Å². The lowest BCUT2D eigenvalue weighted by Gasteiger charge is -2.37. The molecule has 0 bridgehead atoms. The molecule has 3 heterocycles. The molecule has 1 saturated heterocycles. The largest absolute Gasteiger partial charge is 0.361 e. The highest BCUT2D eigenvalue weighted by atomic mass is 16.5. The fourth-order valence-electron chi connectivity index (χ4n) is 2.94. The quantitative estimate of drug-likeness (QED) is 0.681. The zero-order chi connectivity index (χ0) is 16.9.